The predicted octanol–water partition coefficient (Wildman–Crippen LogP) is 2.19. The minimum Gasteiger partial charge on any atom is -0.323 e. The van der Waals surface area contributed by atoms with Crippen LogP contribution < -0.4 is 0 Å². The average Bonchev–Trinajstić information content (AvgIpc) is 3.18. The first-order valence-electron chi connectivity index (χ1n) is 7.10. The molecule has 0 radical (unpaired) electrons. The van der Waals surface area contributed by atoms with Crippen molar-refractivity contribution in [2.45, 2.75) is 13.0 Å². The summed E-state index contributed by atoms with van der Waals surface area (Å²) in [5.41, 5.74) is 3.33. The smallest absolute Gasteiger partial charge is 0.182 e. The Morgan fingerprint density at radius 3 is 2.59 bits per heavy atom. The molecule has 22 heavy (non-hydrogen) atoms. The predicted molar refractivity (Wildman–Crippen MR) is 82.3 cm³/mol. The van der Waals surface area contributed by atoms with Gasteiger partial charge in [0.15, 0.2) is 5.82 Å². The molecule has 0 saturated carbocycles. The molecule has 6 nitrogen and oxygen atoms in total. The molecule has 0 aliphatic carbocycles. The fourth-order valence-electron chi connectivity index (χ4n) is 2.60. The molecule has 0 amide bonds. The minimum absolute atomic E-state index is 0.554. The largest absolute Gasteiger partial charge is 0.323 e. The van der Waals surface area contributed by atoms with Crippen molar-refractivity contribution in [3.63, 3.8) is 0 Å². The number of tetrazole rings is 1. The van der Waals surface area contributed by atoms with E-state index < -0.39 is 0 Å². The molecule has 6 heteroatoms. The lowest BCUT2D eigenvalue weighted by Crippen LogP contribution is -2.06. The van der Waals surface area contributed by atoms with Crippen LogP contribution in [0, 0.1) is 0 Å². The van der Waals surface area contributed by atoms with Crippen LogP contribution in [0.25, 0.3) is 11.0 Å². The van der Waals surface area contributed by atoms with Crippen LogP contribution in [0.1, 0.15) is 17.2 Å². The topological polar surface area (TPSA) is 72.3 Å². The van der Waals surface area contributed by atoms with E-state index in [9.17, 15) is 0 Å². The fourth-order valence-corrected chi connectivity index (χ4v) is 2.60. The van der Waals surface area contributed by atoms with Gasteiger partial charge in [-0.3, -0.25) is 0 Å². The standard InChI is InChI=1S/C16H14N6/c1-2-6-12(7-3-1)11-22-14-9-5-4-8-13(14)17-16(22)10-15-18-20-21-19-15/h1-9H,10-11H2,(H,18,19,20,21). The lowest BCUT2D eigenvalue weighted by molar-refractivity contribution is 0.748. The lowest BCUT2D eigenvalue weighted by Gasteiger charge is -2.08. The molecule has 0 unspecified atom stereocenters. The number of nitrogens with zero attached hydrogens (tertiary/aromatic N) is 5. The van der Waals surface area contributed by atoms with Crippen molar-refractivity contribution in [3.8, 4) is 0 Å². The maximum atomic E-state index is 4.73. The SMILES string of the molecule is c1ccc(Cn2c(Cc3nn[nH]n3)nc3ccccc32)cc1. The number of hydrogen-bond acceptors (Lipinski definition) is 4. The number of nitrogens with one attached hydrogen (secondary N) is 1. The van der Waals surface area contributed by atoms with Gasteiger partial charge in [0, 0.05) is 6.54 Å². The molecule has 4 rings (SSSR count). The first kappa shape index (κ1) is 12.7. The Kier molecular flexibility index (Phi) is 3.12. The second kappa shape index (κ2) is 5.40. The van der Waals surface area contributed by atoms with Crippen LogP contribution in [0.3, 0.4) is 0 Å². The third kappa shape index (κ3) is 2.35. The van der Waals surface area contributed by atoms with Gasteiger partial charge in [0.25, 0.3) is 0 Å². The fraction of sp³-hybridized carbons (Fsp3) is 0.125. The number of aromatic amines is 1. The summed E-state index contributed by atoms with van der Waals surface area (Å²) in [6, 6.07) is 18.5. The number of rotatable bonds is 4. The molecule has 4 aromatic rings. The van der Waals surface area contributed by atoms with E-state index in [0.29, 0.717) is 12.2 Å². The van der Waals surface area contributed by atoms with Gasteiger partial charge in [-0.25, -0.2) is 4.98 Å². The second-order valence-electron chi connectivity index (χ2n) is 5.09. The zero-order valence-corrected chi connectivity index (χ0v) is 11.8. The highest BCUT2D eigenvalue weighted by atomic mass is 15.5. The van der Waals surface area contributed by atoms with E-state index in [1.54, 1.807) is 0 Å². The van der Waals surface area contributed by atoms with Gasteiger partial charge in [-0.1, -0.05) is 47.7 Å². The monoisotopic (exact) mass is 290 g/mol. The molecule has 0 spiro atoms. The third-order valence-corrected chi connectivity index (χ3v) is 3.62. The molecule has 0 saturated heterocycles. The normalized spacial score (nSPS) is 11.1. The Balaban J connectivity index is 1.79. The molecule has 0 aliphatic heterocycles. The van der Waals surface area contributed by atoms with E-state index in [-0.39, 0.29) is 0 Å². The zero-order valence-electron chi connectivity index (χ0n) is 11.8. The summed E-state index contributed by atoms with van der Waals surface area (Å²) in [7, 11) is 0. The summed E-state index contributed by atoms with van der Waals surface area (Å²) in [6.07, 6.45) is 0.554. The summed E-state index contributed by atoms with van der Waals surface area (Å²) in [5.74, 6) is 1.58. The Morgan fingerprint density at radius 2 is 1.77 bits per heavy atom. The first-order chi connectivity index (χ1) is 10.9. The van der Waals surface area contributed by atoms with Crippen LogP contribution in [0.5, 0.6) is 0 Å². The highest BCUT2D eigenvalue weighted by Gasteiger charge is 2.13. The van der Waals surface area contributed by atoms with E-state index in [1.165, 1.54) is 5.56 Å². The van der Waals surface area contributed by atoms with Crippen LogP contribution in [-0.4, -0.2) is 30.2 Å². The molecule has 1 N–H and O–H groups in total. The Morgan fingerprint density at radius 1 is 0.955 bits per heavy atom. The Labute approximate surface area is 126 Å². The molecule has 0 fully saturated rings. The quantitative estimate of drug-likeness (QED) is 0.625. The number of H-pyrrole nitrogens is 1. The minimum atomic E-state index is 0.554. The highest BCUT2D eigenvalue weighted by Crippen LogP contribution is 2.19. The van der Waals surface area contributed by atoms with Crippen LogP contribution in [0.15, 0.2) is 54.6 Å². The van der Waals surface area contributed by atoms with Gasteiger partial charge >= 0.3 is 0 Å². The van der Waals surface area contributed by atoms with Gasteiger partial charge < -0.3 is 4.57 Å². The van der Waals surface area contributed by atoms with E-state index in [4.69, 9.17) is 4.98 Å². The summed E-state index contributed by atoms with van der Waals surface area (Å²) >= 11 is 0. The molecule has 2 heterocycles. The summed E-state index contributed by atoms with van der Waals surface area (Å²) < 4.78 is 2.21. The number of imidazole rings is 1. The average molecular weight is 290 g/mol. The highest BCUT2D eigenvalue weighted by molar-refractivity contribution is 5.76. The van der Waals surface area contributed by atoms with Gasteiger partial charge in [0.2, 0.25) is 0 Å². The molecule has 0 bridgehead atoms. The molecule has 108 valence electrons. The van der Waals surface area contributed by atoms with Crippen molar-refractivity contribution in [2.75, 3.05) is 0 Å². The van der Waals surface area contributed by atoms with E-state index >= 15 is 0 Å². The summed E-state index contributed by atoms with van der Waals surface area (Å²) in [5, 5.41) is 14.2. The van der Waals surface area contributed by atoms with Gasteiger partial charge in [-0.2, -0.15) is 5.21 Å². The van der Waals surface area contributed by atoms with Gasteiger partial charge in [0.05, 0.1) is 17.5 Å². The first-order valence-corrected chi connectivity index (χ1v) is 7.10. The van der Waals surface area contributed by atoms with Crippen LogP contribution >= 0.6 is 0 Å². The van der Waals surface area contributed by atoms with Crippen LogP contribution in [0.4, 0.5) is 0 Å². The maximum absolute atomic E-state index is 4.73. The maximum Gasteiger partial charge on any atom is 0.182 e. The van der Waals surface area contributed by atoms with Crippen molar-refractivity contribution < 1.29 is 0 Å². The number of fused-ring (bicyclic) bond motifs is 1. The molecule has 0 aliphatic rings. The molecule has 2 aromatic heterocycles. The van der Waals surface area contributed by atoms with Crippen molar-refractivity contribution in [2.24, 2.45) is 0 Å². The molecule has 0 atom stereocenters. The zero-order chi connectivity index (χ0) is 14.8. The summed E-state index contributed by atoms with van der Waals surface area (Å²) in [4.78, 5) is 4.73. The van der Waals surface area contributed by atoms with Crippen molar-refractivity contribution in [1.29, 1.82) is 0 Å². The third-order valence-electron chi connectivity index (χ3n) is 3.62. The van der Waals surface area contributed by atoms with E-state index in [2.05, 4.69) is 43.4 Å². The Bertz CT molecular complexity index is 880. The van der Waals surface area contributed by atoms with Gasteiger partial charge in [-0.15, -0.1) is 10.2 Å². The second-order valence-corrected chi connectivity index (χ2v) is 5.09. The number of para-hydroxylation sites is 2. The Hall–Kier alpha value is -3.02. The van der Waals surface area contributed by atoms with Gasteiger partial charge in [0.1, 0.15) is 5.82 Å². The molecular formula is C16H14N6. The van der Waals surface area contributed by atoms with E-state index in [0.717, 1.165) is 23.4 Å². The van der Waals surface area contributed by atoms with Crippen LogP contribution in [0.2, 0.25) is 0 Å². The number of benzene rings is 2. The molecular weight excluding hydrogens is 276 g/mol. The van der Waals surface area contributed by atoms with Gasteiger partial charge in [-0.05, 0) is 17.7 Å². The van der Waals surface area contributed by atoms with Crippen molar-refractivity contribution in [1.82, 2.24) is 30.2 Å². The van der Waals surface area contributed by atoms with Crippen molar-refractivity contribution in [3.05, 3.63) is 71.8 Å². The number of aromatic nitrogens is 6. The van der Waals surface area contributed by atoms with Crippen LogP contribution in [-0.2, 0) is 13.0 Å². The lowest BCUT2D eigenvalue weighted by atomic mass is 10.2. The molecule has 2 aromatic carbocycles. The summed E-state index contributed by atoms with van der Waals surface area (Å²) in [6.45, 7) is 0.772. The number of hydrogen-bond donors (Lipinski definition) is 1. The van der Waals surface area contributed by atoms with E-state index in [1.807, 2.05) is 36.4 Å². The van der Waals surface area contributed by atoms with Crippen molar-refractivity contribution >= 4 is 11.0 Å².